The molecular weight excluding hydrogens is 358 g/mol. The van der Waals surface area contributed by atoms with Gasteiger partial charge in [-0.25, -0.2) is 8.42 Å². The molecule has 1 aliphatic rings. The van der Waals surface area contributed by atoms with Gasteiger partial charge in [0.2, 0.25) is 5.91 Å². The summed E-state index contributed by atoms with van der Waals surface area (Å²) in [4.78, 5) is 23.3. The Kier molecular flexibility index (Phi) is 5.84. The molecule has 1 aromatic carbocycles. The molecule has 0 radical (unpaired) electrons. The summed E-state index contributed by atoms with van der Waals surface area (Å²) in [6, 6.07) is 5.51. The number of hydrogen-bond acceptors (Lipinski definition) is 5. The van der Waals surface area contributed by atoms with Crippen molar-refractivity contribution in [1.82, 2.24) is 5.32 Å². The van der Waals surface area contributed by atoms with E-state index in [1.165, 1.54) is 24.3 Å². The second-order valence-corrected chi connectivity index (χ2v) is 8.15. The molecule has 0 aliphatic carbocycles. The highest BCUT2D eigenvalue weighted by atomic mass is 35.5. The van der Waals surface area contributed by atoms with E-state index in [0.29, 0.717) is 31.1 Å². The number of sulfone groups is 1. The second-order valence-electron chi connectivity index (χ2n) is 5.72. The van der Waals surface area contributed by atoms with Gasteiger partial charge >= 0.3 is 5.97 Å². The number of carbonyl (C=O) groups is 2. The van der Waals surface area contributed by atoms with Crippen LogP contribution in [-0.4, -0.2) is 49.9 Å². The summed E-state index contributed by atoms with van der Waals surface area (Å²) in [6.45, 7) is 0.634. The zero-order valence-electron chi connectivity index (χ0n) is 12.8. The highest BCUT2D eigenvalue weighted by molar-refractivity contribution is 7.92. The molecule has 1 aromatic rings. The van der Waals surface area contributed by atoms with Gasteiger partial charge < -0.3 is 15.2 Å². The van der Waals surface area contributed by atoms with Gasteiger partial charge in [0.25, 0.3) is 0 Å². The number of halogens is 1. The Morgan fingerprint density at radius 3 is 2.33 bits per heavy atom. The Morgan fingerprint density at radius 1 is 1.21 bits per heavy atom. The SMILES string of the molecule is O=C(O)CC1(NC(=O)CS(=O)(=O)c2ccc(Cl)cc2)CCOCC1. The molecule has 0 saturated carbocycles. The van der Waals surface area contributed by atoms with Crippen molar-refractivity contribution in [3.8, 4) is 0 Å². The number of carboxylic acids is 1. The molecule has 1 saturated heterocycles. The number of ether oxygens (including phenoxy) is 1. The molecule has 2 N–H and O–H groups in total. The standard InChI is InChI=1S/C15H18ClNO6S/c16-11-1-3-12(4-2-11)24(21,22)10-13(18)17-15(9-14(19)20)5-7-23-8-6-15/h1-4H,5-10H2,(H,17,18)(H,19,20). The molecule has 0 unspecified atom stereocenters. The molecule has 1 heterocycles. The first-order valence-corrected chi connectivity index (χ1v) is 9.34. The second kappa shape index (κ2) is 7.50. The number of rotatable bonds is 6. The number of amides is 1. The Hall–Kier alpha value is -1.64. The quantitative estimate of drug-likeness (QED) is 0.774. The fraction of sp³-hybridized carbons (Fsp3) is 0.467. The van der Waals surface area contributed by atoms with Gasteiger partial charge in [0.15, 0.2) is 9.84 Å². The third-order valence-corrected chi connectivity index (χ3v) is 5.72. The van der Waals surface area contributed by atoms with E-state index in [-0.39, 0.29) is 11.3 Å². The highest BCUT2D eigenvalue weighted by Gasteiger charge is 2.37. The van der Waals surface area contributed by atoms with Crippen LogP contribution in [0.2, 0.25) is 5.02 Å². The van der Waals surface area contributed by atoms with E-state index < -0.39 is 33.0 Å². The lowest BCUT2D eigenvalue weighted by Gasteiger charge is -2.36. The van der Waals surface area contributed by atoms with Crippen LogP contribution in [0.1, 0.15) is 19.3 Å². The van der Waals surface area contributed by atoms with Crippen molar-refractivity contribution in [2.75, 3.05) is 19.0 Å². The van der Waals surface area contributed by atoms with Gasteiger partial charge in [-0.15, -0.1) is 0 Å². The lowest BCUT2D eigenvalue weighted by atomic mass is 9.86. The van der Waals surface area contributed by atoms with E-state index in [2.05, 4.69) is 5.32 Å². The number of carbonyl (C=O) groups excluding carboxylic acids is 1. The molecule has 9 heteroatoms. The zero-order chi connectivity index (χ0) is 17.8. The van der Waals surface area contributed by atoms with E-state index in [1.807, 2.05) is 0 Å². The van der Waals surface area contributed by atoms with Crippen LogP contribution in [0.3, 0.4) is 0 Å². The summed E-state index contributed by atoms with van der Waals surface area (Å²) in [6.07, 6.45) is 0.376. The van der Waals surface area contributed by atoms with E-state index in [4.69, 9.17) is 21.4 Å². The normalized spacial score (nSPS) is 17.2. The minimum atomic E-state index is -3.83. The molecule has 7 nitrogen and oxygen atoms in total. The molecule has 0 bridgehead atoms. The number of carboxylic acid groups (broad SMARTS) is 1. The first-order valence-electron chi connectivity index (χ1n) is 7.31. The summed E-state index contributed by atoms with van der Waals surface area (Å²) < 4.78 is 29.7. The molecule has 0 spiro atoms. The molecule has 1 fully saturated rings. The van der Waals surface area contributed by atoms with Crippen molar-refractivity contribution in [1.29, 1.82) is 0 Å². The van der Waals surface area contributed by atoms with Crippen molar-refractivity contribution in [2.24, 2.45) is 0 Å². The average molecular weight is 376 g/mol. The van der Waals surface area contributed by atoms with Crippen LogP contribution in [0, 0.1) is 0 Å². The first kappa shape index (κ1) is 18.7. The summed E-state index contributed by atoms with van der Waals surface area (Å²) in [5.74, 6) is -2.54. The average Bonchev–Trinajstić information content (AvgIpc) is 2.46. The Labute approximate surface area is 144 Å². The molecule has 24 heavy (non-hydrogen) atoms. The van der Waals surface area contributed by atoms with Crippen molar-refractivity contribution in [3.05, 3.63) is 29.3 Å². The fourth-order valence-electron chi connectivity index (χ4n) is 2.63. The summed E-state index contributed by atoms with van der Waals surface area (Å²) in [7, 11) is -3.83. The van der Waals surface area contributed by atoms with Gasteiger partial charge in [0, 0.05) is 18.2 Å². The van der Waals surface area contributed by atoms with Crippen LogP contribution in [0.4, 0.5) is 0 Å². The van der Waals surface area contributed by atoms with Crippen LogP contribution in [0.5, 0.6) is 0 Å². The molecule has 2 rings (SSSR count). The molecule has 0 aromatic heterocycles. The van der Waals surface area contributed by atoms with Crippen LogP contribution >= 0.6 is 11.6 Å². The number of nitrogens with one attached hydrogen (secondary N) is 1. The largest absolute Gasteiger partial charge is 0.481 e. The highest BCUT2D eigenvalue weighted by Crippen LogP contribution is 2.25. The van der Waals surface area contributed by atoms with Gasteiger partial charge in [0.1, 0.15) is 5.75 Å². The van der Waals surface area contributed by atoms with Crippen molar-refractivity contribution >= 4 is 33.3 Å². The molecule has 132 valence electrons. The lowest BCUT2D eigenvalue weighted by Crippen LogP contribution is -2.54. The summed E-state index contributed by atoms with van der Waals surface area (Å²) >= 11 is 5.72. The van der Waals surface area contributed by atoms with Crippen LogP contribution in [0.25, 0.3) is 0 Å². The first-order chi connectivity index (χ1) is 11.2. The Balaban J connectivity index is 2.10. The number of benzene rings is 1. The predicted molar refractivity (Wildman–Crippen MR) is 86.7 cm³/mol. The van der Waals surface area contributed by atoms with Crippen molar-refractivity contribution in [3.63, 3.8) is 0 Å². The number of aliphatic carboxylic acids is 1. The molecule has 1 amide bonds. The molecule has 0 atom stereocenters. The van der Waals surface area contributed by atoms with E-state index in [9.17, 15) is 18.0 Å². The minimum absolute atomic E-state index is 0.0127. The minimum Gasteiger partial charge on any atom is -0.481 e. The maximum atomic E-state index is 12.3. The van der Waals surface area contributed by atoms with E-state index in [0.717, 1.165) is 0 Å². The van der Waals surface area contributed by atoms with Crippen LogP contribution in [-0.2, 0) is 24.2 Å². The molecular formula is C15H18ClNO6S. The number of hydrogen-bond donors (Lipinski definition) is 2. The van der Waals surface area contributed by atoms with Crippen LogP contribution in [0.15, 0.2) is 29.2 Å². The monoisotopic (exact) mass is 375 g/mol. The summed E-state index contributed by atoms with van der Waals surface area (Å²) in [5.41, 5.74) is -0.976. The van der Waals surface area contributed by atoms with Gasteiger partial charge in [-0.1, -0.05) is 11.6 Å². The van der Waals surface area contributed by atoms with E-state index in [1.54, 1.807) is 0 Å². The van der Waals surface area contributed by atoms with Gasteiger partial charge in [-0.05, 0) is 37.1 Å². The predicted octanol–water partition coefficient (Wildman–Crippen LogP) is 1.25. The third-order valence-electron chi connectivity index (χ3n) is 3.84. The Morgan fingerprint density at radius 2 is 1.79 bits per heavy atom. The van der Waals surface area contributed by atoms with Gasteiger partial charge in [0.05, 0.1) is 16.9 Å². The van der Waals surface area contributed by atoms with E-state index >= 15 is 0 Å². The zero-order valence-corrected chi connectivity index (χ0v) is 14.4. The fourth-order valence-corrected chi connectivity index (χ4v) is 3.89. The third kappa shape index (κ3) is 4.93. The van der Waals surface area contributed by atoms with Crippen molar-refractivity contribution in [2.45, 2.75) is 29.7 Å². The lowest BCUT2D eigenvalue weighted by molar-refractivity contribution is -0.140. The Bertz CT molecular complexity index is 710. The maximum absolute atomic E-state index is 12.3. The maximum Gasteiger partial charge on any atom is 0.305 e. The smallest absolute Gasteiger partial charge is 0.305 e. The summed E-state index contributed by atoms with van der Waals surface area (Å²) in [5, 5.41) is 12.0. The topological polar surface area (TPSA) is 110 Å². The van der Waals surface area contributed by atoms with Crippen LogP contribution < -0.4 is 5.32 Å². The van der Waals surface area contributed by atoms with Gasteiger partial charge in [-0.3, -0.25) is 9.59 Å². The molecule has 1 aliphatic heterocycles. The van der Waals surface area contributed by atoms with Crippen molar-refractivity contribution < 1.29 is 27.9 Å². The van der Waals surface area contributed by atoms with Gasteiger partial charge in [-0.2, -0.15) is 0 Å².